The average Bonchev–Trinajstić information content (AvgIpc) is 2.61. The first kappa shape index (κ1) is 18.3. The van der Waals surface area contributed by atoms with Crippen molar-refractivity contribution in [2.75, 3.05) is 6.61 Å². The van der Waals surface area contributed by atoms with E-state index in [0.717, 1.165) is 11.1 Å². The Kier molecular flexibility index (Phi) is 6.39. The molecule has 0 aliphatic carbocycles. The molecule has 2 amide bonds. The van der Waals surface area contributed by atoms with Crippen LogP contribution in [0.25, 0.3) is 0 Å². The molecule has 0 fully saturated rings. The Morgan fingerprint density at radius 3 is 2.24 bits per heavy atom. The largest absolute Gasteiger partial charge is 0.484 e. The van der Waals surface area contributed by atoms with Crippen molar-refractivity contribution in [2.24, 2.45) is 0 Å². The number of hydrogen-bond donors (Lipinski definition) is 2. The second-order valence-corrected chi connectivity index (χ2v) is 5.62. The summed E-state index contributed by atoms with van der Waals surface area (Å²) < 4.78 is 11.0. The highest BCUT2D eigenvalue weighted by Gasteiger charge is 2.17. The van der Waals surface area contributed by atoms with Gasteiger partial charge in [-0.3, -0.25) is 20.4 Å². The van der Waals surface area contributed by atoms with E-state index in [9.17, 15) is 9.59 Å². The van der Waals surface area contributed by atoms with Gasteiger partial charge < -0.3 is 9.47 Å². The molecule has 6 nitrogen and oxygen atoms in total. The molecule has 0 bridgehead atoms. The molecule has 2 aromatic carbocycles. The summed E-state index contributed by atoms with van der Waals surface area (Å²) in [6.07, 6.45) is -0.754. The van der Waals surface area contributed by atoms with Crippen LogP contribution in [0.2, 0.25) is 0 Å². The van der Waals surface area contributed by atoms with E-state index in [1.807, 2.05) is 50.2 Å². The van der Waals surface area contributed by atoms with Crippen LogP contribution in [0.4, 0.5) is 0 Å². The lowest BCUT2D eigenvalue weighted by molar-refractivity contribution is -0.133. The average molecular weight is 342 g/mol. The molecule has 2 aromatic rings. The summed E-state index contributed by atoms with van der Waals surface area (Å²) in [6.45, 7) is 5.25. The van der Waals surface area contributed by atoms with Gasteiger partial charge in [0.05, 0.1) is 0 Å². The molecule has 0 aliphatic heterocycles. The van der Waals surface area contributed by atoms with Gasteiger partial charge in [0.1, 0.15) is 11.5 Å². The lowest BCUT2D eigenvalue weighted by Crippen LogP contribution is -2.48. The van der Waals surface area contributed by atoms with Crippen LogP contribution < -0.4 is 20.3 Å². The summed E-state index contributed by atoms with van der Waals surface area (Å²) >= 11 is 0. The molecule has 25 heavy (non-hydrogen) atoms. The predicted molar refractivity (Wildman–Crippen MR) is 94.2 cm³/mol. The van der Waals surface area contributed by atoms with Crippen LogP contribution in [-0.4, -0.2) is 24.5 Å². The van der Waals surface area contributed by atoms with Gasteiger partial charge in [-0.05, 0) is 44.0 Å². The second-order valence-electron chi connectivity index (χ2n) is 5.62. The van der Waals surface area contributed by atoms with Gasteiger partial charge in [-0.15, -0.1) is 0 Å². The molecule has 0 heterocycles. The normalized spacial score (nSPS) is 11.3. The Hall–Kier alpha value is -3.02. The van der Waals surface area contributed by atoms with Gasteiger partial charge in [0.15, 0.2) is 12.7 Å². The number of carbonyl (C=O) groups excluding carboxylic acids is 2. The minimum atomic E-state index is -0.754. The fourth-order valence-electron chi connectivity index (χ4n) is 2.15. The highest BCUT2D eigenvalue weighted by molar-refractivity contribution is 5.85. The molecule has 0 saturated carbocycles. The number of aryl methyl sites for hydroxylation is 2. The highest BCUT2D eigenvalue weighted by Crippen LogP contribution is 2.23. The number of rotatable bonds is 6. The van der Waals surface area contributed by atoms with Crippen molar-refractivity contribution < 1.29 is 19.1 Å². The fourth-order valence-corrected chi connectivity index (χ4v) is 2.15. The van der Waals surface area contributed by atoms with E-state index in [0.29, 0.717) is 11.5 Å². The third-order valence-corrected chi connectivity index (χ3v) is 3.51. The summed E-state index contributed by atoms with van der Waals surface area (Å²) in [4.78, 5) is 23.8. The molecule has 1 atom stereocenters. The van der Waals surface area contributed by atoms with E-state index in [1.54, 1.807) is 19.1 Å². The maximum Gasteiger partial charge on any atom is 0.279 e. The van der Waals surface area contributed by atoms with Gasteiger partial charge in [-0.2, -0.15) is 0 Å². The van der Waals surface area contributed by atoms with Crippen LogP contribution in [-0.2, 0) is 9.59 Å². The molecule has 6 heteroatoms. The van der Waals surface area contributed by atoms with Gasteiger partial charge in [0.2, 0.25) is 0 Å². The van der Waals surface area contributed by atoms with Crippen LogP contribution in [0.1, 0.15) is 18.1 Å². The van der Waals surface area contributed by atoms with Crippen molar-refractivity contribution >= 4 is 11.8 Å². The number of carbonyl (C=O) groups is 2. The Balaban J connectivity index is 1.78. The van der Waals surface area contributed by atoms with E-state index in [4.69, 9.17) is 9.47 Å². The second kappa shape index (κ2) is 8.73. The Labute approximate surface area is 147 Å². The van der Waals surface area contributed by atoms with Crippen molar-refractivity contribution in [2.45, 2.75) is 26.9 Å². The van der Waals surface area contributed by atoms with Crippen molar-refractivity contribution in [1.29, 1.82) is 0 Å². The molecule has 2 rings (SSSR count). The first-order valence-corrected chi connectivity index (χ1v) is 7.97. The first-order chi connectivity index (χ1) is 12.0. The van der Waals surface area contributed by atoms with Crippen LogP contribution in [0.5, 0.6) is 11.5 Å². The minimum Gasteiger partial charge on any atom is -0.484 e. The fraction of sp³-hybridized carbons (Fsp3) is 0.263. The molecule has 0 spiro atoms. The summed E-state index contributed by atoms with van der Waals surface area (Å²) in [5.41, 5.74) is 6.53. The summed E-state index contributed by atoms with van der Waals surface area (Å²) in [5.74, 6) is 0.340. The molecule has 2 N–H and O–H groups in total. The van der Waals surface area contributed by atoms with E-state index in [-0.39, 0.29) is 6.61 Å². The number of hydrogen-bond acceptors (Lipinski definition) is 4. The van der Waals surface area contributed by atoms with Crippen molar-refractivity contribution in [1.82, 2.24) is 10.9 Å². The maximum absolute atomic E-state index is 12.1. The van der Waals surface area contributed by atoms with E-state index < -0.39 is 17.9 Å². The third kappa shape index (κ3) is 5.53. The quantitative estimate of drug-likeness (QED) is 0.790. The summed E-state index contributed by atoms with van der Waals surface area (Å²) in [5, 5.41) is 0. The molecule has 0 saturated heterocycles. The number of hydrazine groups is 1. The SMILES string of the molecule is Cc1cccc(C)c1O[C@@H](C)C(=O)NNC(=O)COc1ccccc1. The summed E-state index contributed by atoms with van der Waals surface area (Å²) in [6, 6.07) is 14.7. The molecule has 0 unspecified atom stereocenters. The minimum absolute atomic E-state index is 0.198. The molecule has 0 radical (unpaired) electrons. The molecular formula is C19H22N2O4. The predicted octanol–water partition coefficient (Wildman–Crippen LogP) is 2.30. The van der Waals surface area contributed by atoms with Crippen molar-refractivity contribution in [3.63, 3.8) is 0 Å². The smallest absolute Gasteiger partial charge is 0.279 e. The molecule has 0 aromatic heterocycles. The lowest BCUT2D eigenvalue weighted by atomic mass is 10.1. The lowest BCUT2D eigenvalue weighted by Gasteiger charge is -2.18. The molecule has 132 valence electrons. The van der Waals surface area contributed by atoms with Gasteiger partial charge in [-0.25, -0.2) is 0 Å². The van der Waals surface area contributed by atoms with E-state index >= 15 is 0 Å². The zero-order valence-corrected chi connectivity index (χ0v) is 14.5. The van der Waals surface area contributed by atoms with E-state index in [1.165, 1.54) is 0 Å². The zero-order valence-electron chi connectivity index (χ0n) is 14.5. The van der Waals surface area contributed by atoms with Crippen molar-refractivity contribution in [3.05, 3.63) is 59.7 Å². The van der Waals surface area contributed by atoms with Crippen LogP contribution in [0.15, 0.2) is 48.5 Å². The Morgan fingerprint density at radius 2 is 1.60 bits per heavy atom. The number of nitrogens with one attached hydrogen (secondary N) is 2. The topological polar surface area (TPSA) is 76.7 Å². The van der Waals surface area contributed by atoms with Gasteiger partial charge in [0, 0.05) is 0 Å². The molecular weight excluding hydrogens is 320 g/mol. The molecule has 0 aliphatic rings. The monoisotopic (exact) mass is 342 g/mol. The van der Waals surface area contributed by atoms with Gasteiger partial charge in [0.25, 0.3) is 11.8 Å². The third-order valence-electron chi connectivity index (χ3n) is 3.51. The number of amides is 2. The van der Waals surface area contributed by atoms with Gasteiger partial charge in [-0.1, -0.05) is 36.4 Å². The number of para-hydroxylation sites is 2. The first-order valence-electron chi connectivity index (χ1n) is 7.97. The number of ether oxygens (including phenoxy) is 2. The van der Waals surface area contributed by atoms with Crippen LogP contribution in [0, 0.1) is 13.8 Å². The Morgan fingerprint density at radius 1 is 0.960 bits per heavy atom. The highest BCUT2D eigenvalue weighted by atomic mass is 16.5. The van der Waals surface area contributed by atoms with Crippen molar-refractivity contribution in [3.8, 4) is 11.5 Å². The van der Waals surface area contributed by atoms with Gasteiger partial charge >= 0.3 is 0 Å². The standard InChI is InChI=1S/C19H22N2O4/c1-13-8-7-9-14(2)18(13)25-15(3)19(23)21-20-17(22)12-24-16-10-5-4-6-11-16/h4-11,15H,12H2,1-3H3,(H,20,22)(H,21,23)/t15-/m0/s1. The van der Waals surface area contributed by atoms with Crippen LogP contribution >= 0.6 is 0 Å². The zero-order chi connectivity index (χ0) is 18.2. The summed E-state index contributed by atoms with van der Waals surface area (Å²) in [7, 11) is 0. The van der Waals surface area contributed by atoms with Crippen LogP contribution in [0.3, 0.4) is 0 Å². The number of benzene rings is 2. The Bertz CT molecular complexity index is 711. The maximum atomic E-state index is 12.1. The van der Waals surface area contributed by atoms with E-state index in [2.05, 4.69) is 10.9 Å².